The molecule has 0 aliphatic rings. The second kappa shape index (κ2) is 7.23. The predicted molar refractivity (Wildman–Crippen MR) is 90.5 cm³/mol. The average Bonchev–Trinajstić information content (AvgIpc) is 2.46. The molecule has 8 heteroatoms. The van der Waals surface area contributed by atoms with Gasteiger partial charge in [-0.15, -0.1) is 13.2 Å². The molecule has 1 heterocycles. The van der Waals surface area contributed by atoms with Crippen molar-refractivity contribution >= 4 is 17.6 Å². The van der Waals surface area contributed by atoms with Crippen LogP contribution in [-0.2, 0) is 4.74 Å². The van der Waals surface area contributed by atoms with E-state index >= 15 is 0 Å². The van der Waals surface area contributed by atoms with Crippen molar-refractivity contribution < 1.29 is 27.4 Å². The van der Waals surface area contributed by atoms with Gasteiger partial charge in [0, 0.05) is 6.20 Å². The molecule has 0 N–H and O–H groups in total. The van der Waals surface area contributed by atoms with Gasteiger partial charge in [-0.2, -0.15) is 0 Å². The van der Waals surface area contributed by atoms with Crippen LogP contribution in [0, 0.1) is 6.92 Å². The zero-order valence-corrected chi connectivity index (χ0v) is 14.8. The van der Waals surface area contributed by atoms with Gasteiger partial charge in [-0.05, 0) is 69.7 Å². The van der Waals surface area contributed by atoms with Crippen molar-refractivity contribution in [3.63, 3.8) is 0 Å². The quantitative estimate of drug-likeness (QED) is 0.732. The minimum atomic E-state index is -4.79. The standard InChI is InChI=1S/C18H19F3N2O3/c1-12-9-10-22-15(11-12)23(16(24)26-17(2,3)4)13-5-7-14(8-6-13)25-18(19,20)21/h5-11H,1-4H3. The number of aromatic nitrogens is 1. The van der Waals surface area contributed by atoms with Crippen molar-refractivity contribution in [2.75, 3.05) is 4.90 Å². The lowest BCUT2D eigenvalue weighted by Crippen LogP contribution is -2.34. The van der Waals surface area contributed by atoms with E-state index < -0.39 is 18.1 Å². The molecule has 0 aliphatic heterocycles. The number of halogens is 3. The molecule has 1 aromatic carbocycles. The second-order valence-electron chi connectivity index (χ2n) is 6.55. The summed E-state index contributed by atoms with van der Waals surface area (Å²) in [5.41, 5.74) is 0.408. The summed E-state index contributed by atoms with van der Waals surface area (Å²) in [6.45, 7) is 6.98. The van der Waals surface area contributed by atoms with Gasteiger partial charge < -0.3 is 9.47 Å². The van der Waals surface area contributed by atoms with Gasteiger partial charge in [-0.1, -0.05) is 0 Å². The third kappa shape index (κ3) is 5.65. The SMILES string of the molecule is Cc1ccnc(N(C(=O)OC(C)(C)C)c2ccc(OC(F)(F)F)cc2)c1. The number of anilines is 2. The van der Waals surface area contributed by atoms with Crippen molar-refractivity contribution in [3.8, 4) is 5.75 Å². The Labute approximate surface area is 149 Å². The Morgan fingerprint density at radius 3 is 2.19 bits per heavy atom. The fourth-order valence-corrected chi connectivity index (χ4v) is 2.08. The van der Waals surface area contributed by atoms with Gasteiger partial charge in [-0.3, -0.25) is 0 Å². The zero-order chi connectivity index (χ0) is 19.5. The maximum absolute atomic E-state index is 12.6. The van der Waals surface area contributed by atoms with Crippen molar-refractivity contribution in [1.29, 1.82) is 0 Å². The summed E-state index contributed by atoms with van der Waals surface area (Å²) < 4.78 is 46.2. The molecule has 0 saturated carbocycles. The number of pyridine rings is 1. The Balaban J connectivity index is 2.39. The maximum atomic E-state index is 12.6. The van der Waals surface area contributed by atoms with E-state index in [0.717, 1.165) is 17.7 Å². The van der Waals surface area contributed by atoms with Crippen molar-refractivity contribution in [1.82, 2.24) is 4.98 Å². The molecule has 26 heavy (non-hydrogen) atoms. The van der Waals surface area contributed by atoms with Crippen LogP contribution in [0.2, 0.25) is 0 Å². The first-order chi connectivity index (χ1) is 11.9. The van der Waals surface area contributed by atoms with Gasteiger partial charge in [0.1, 0.15) is 17.2 Å². The number of hydrogen-bond donors (Lipinski definition) is 0. The normalized spacial score (nSPS) is 11.8. The molecule has 0 bridgehead atoms. The Kier molecular flexibility index (Phi) is 5.44. The van der Waals surface area contributed by atoms with E-state index in [1.807, 2.05) is 6.92 Å². The zero-order valence-electron chi connectivity index (χ0n) is 14.8. The van der Waals surface area contributed by atoms with E-state index in [2.05, 4.69) is 9.72 Å². The first-order valence-electron chi connectivity index (χ1n) is 7.76. The largest absolute Gasteiger partial charge is 0.573 e. The van der Waals surface area contributed by atoms with E-state index in [0.29, 0.717) is 11.5 Å². The molecule has 2 rings (SSSR count). The molecular formula is C18H19F3N2O3. The molecule has 2 aromatic rings. The second-order valence-corrected chi connectivity index (χ2v) is 6.55. The molecule has 0 saturated heterocycles. The average molecular weight is 368 g/mol. The lowest BCUT2D eigenvalue weighted by Gasteiger charge is -2.27. The smallest absolute Gasteiger partial charge is 0.443 e. The molecule has 0 spiro atoms. The van der Waals surface area contributed by atoms with E-state index in [-0.39, 0.29) is 5.75 Å². The molecule has 0 atom stereocenters. The first kappa shape index (κ1) is 19.6. The van der Waals surface area contributed by atoms with Gasteiger partial charge >= 0.3 is 12.5 Å². The van der Waals surface area contributed by atoms with Gasteiger partial charge in [0.25, 0.3) is 0 Å². The summed E-state index contributed by atoms with van der Waals surface area (Å²) in [7, 11) is 0. The minimum absolute atomic E-state index is 0.295. The van der Waals surface area contributed by atoms with Crippen LogP contribution in [0.1, 0.15) is 26.3 Å². The lowest BCUT2D eigenvalue weighted by atomic mass is 10.2. The third-order valence-electron chi connectivity index (χ3n) is 3.03. The molecule has 140 valence electrons. The van der Waals surface area contributed by atoms with Gasteiger partial charge in [0.15, 0.2) is 0 Å². The molecule has 1 aromatic heterocycles. The maximum Gasteiger partial charge on any atom is 0.573 e. The van der Waals surface area contributed by atoms with E-state index in [9.17, 15) is 18.0 Å². The molecule has 0 unspecified atom stereocenters. The number of rotatable bonds is 3. The summed E-state index contributed by atoms with van der Waals surface area (Å²) in [5, 5.41) is 0. The van der Waals surface area contributed by atoms with Crippen LogP contribution >= 0.6 is 0 Å². The number of nitrogens with zero attached hydrogens (tertiary/aromatic N) is 2. The number of carbonyl (C=O) groups excluding carboxylic acids is 1. The Morgan fingerprint density at radius 2 is 1.69 bits per heavy atom. The number of amides is 1. The van der Waals surface area contributed by atoms with Crippen molar-refractivity contribution in [2.45, 2.75) is 39.7 Å². The van der Waals surface area contributed by atoms with Crippen LogP contribution in [-0.4, -0.2) is 23.0 Å². The van der Waals surface area contributed by atoms with Crippen molar-refractivity contribution in [2.24, 2.45) is 0 Å². The van der Waals surface area contributed by atoms with Crippen LogP contribution in [0.5, 0.6) is 5.75 Å². The molecule has 0 aliphatic carbocycles. The summed E-state index contributed by atoms with van der Waals surface area (Å²) in [6, 6.07) is 8.33. The molecule has 1 amide bonds. The van der Waals surface area contributed by atoms with E-state index in [4.69, 9.17) is 4.74 Å². The fraction of sp³-hybridized carbons (Fsp3) is 0.333. The first-order valence-corrected chi connectivity index (χ1v) is 7.76. The molecule has 0 fully saturated rings. The van der Waals surface area contributed by atoms with E-state index in [1.165, 1.54) is 23.2 Å². The Morgan fingerprint density at radius 1 is 1.08 bits per heavy atom. The number of ether oxygens (including phenoxy) is 2. The van der Waals surface area contributed by atoms with E-state index in [1.54, 1.807) is 32.9 Å². The van der Waals surface area contributed by atoms with Gasteiger partial charge in [0.05, 0.1) is 5.69 Å². The monoisotopic (exact) mass is 368 g/mol. The fourth-order valence-electron chi connectivity index (χ4n) is 2.08. The van der Waals surface area contributed by atoms with Gasteiger partial charge in [0.2, 0.25) is 0 Å². The molecule has 5 nitrogen and oxygen atoms in total. The summed E-state index contributed by atoms with van der Waals surface area (Å²) >= 11 is 0. The summed E-state index contributed by atoms with van der Waals surface area (Å²) in [5.74, 6) is -0.0914. The predicted octanol–water partition coefficient (Wildman–Crippen LogP) is 5.36. The lowest BCUT2D eigenvalue weighted by molar-refractivity contribution is -0.274. The summed E-state index contributed by atoms with van der Waals surface area (Å²) in [6.07, 6.45) is -3.95. The van der Waals surface area contributed by atoms with Gasteiger partial charge in [-0.25, -0.2) is 14.7 Å². The molecular weight excluding hydrogens is 349 g/mol. The van der Waals surface area contributed by atoms with Crippen LogP contribution < -0.4 is 9.64 Å². The number of benzene rings is 1. The number of hydrogen-bond acceptors (Lipinski definition) is 4. The topological polar surface area (TPSA) is 51.7 Å². The van der Waals surface area contributed by atoms with Crippen LogP contribution in [0.15, 0.2) is 42.6 Å². The Bertz CT molecular complexity index is 768. The van der Waals surface area contributed by atoms with Crippen LogP contribution in [0.4, 0.5) is 29.5 Å². The number of aryl methyl sites for hydroxylation is 1. The number of alkyl halides is 3. The highest BCUT2D eigenvalue weighted by Gasteiger charge is 2.31. The van der Waals surface area contributed by atoms with Crippen LogP contribution in [0.3, 0.4) is 0 Å². The minimum Gasteiger partial charge on any atom is -0.443 e. The third-order valence-corrected chi connectivity index (χ3v) is 3.03. The van der Waals surface area contributed by atoms with Crippen molar-refractivity contribution in [3.05, 3.63) is 48.2 Å². The highest BCUT2D eigenvalue weighted by Crippen LogP contribution is 2.30. The molecule has 0 radical (unpaired) electrons. The highest BCUT2D eigenvalue weighted by molar-refractivity contribution is 5.95. The summed E-state index contributed by atoms with van der Waals surface area (Å²) in [4.78, 5) is 18.0. The number of carbonyl (C=O) groups is 1. The highest BCUT2D eigenvalue weighted by atomic mass is 19.4. The Hall–Kier alpha value is -2.77. The van der Waals surface area contributed by atoms with Crippen LogP contribution in [0.25, 0.3) is 0 Å².